The minimum absolute atomic E-state index is 0.202. The van der Waals surface area contributed by atoms with Crippen LogP contribution in [0.25, 0.3) is 0 Å². The molecule has 0 bridgehead atoms. The van der Waals surface area contributed by atoms with E-state index in [9.17, 15) is 4.39 Å². The van der Waals surface area contributed by atoms with Crippen LogP contribution in [-0.4, -0.2) is 0 Å². The first-order valence-corrected chi connectivity index (χ1v) is 6.95. The summed E-state index contributed by atoms with van der Waals surface area (Å²) in [4.78, 5) is 2.31. The molecule has 18 heavy (non-hydrogen) atoms. The second-order valence-corrected chi connectivity index (χ2v) is 5.81. The van der Waals surface area contributed by atoms with Gasteiger partial charge in [0.25, 0.3) is 0 Å². The lowest BCUT2D eigenvalue weighted by Gasteiger charge is -2.15. The second kappa shape index (κ2) is 5.21. The molecule has 0 aliphatic heterocycles. The van der Waals surface area contributed by atoms with Crippen molar-refractivity contribution in [3.05, 3.63) is 56.5 Å². The normalized spacial score (nSPS) is 12.7. The molecule has 0 saturated carbocycles. The molecule has 1 unspecified atom stereocenters. The Kier molecular flexibility index (Phi) is 3.83. The summed E-state index contributed by atoms with van der Waals surface area (Å²) in [6.45, 7) is 5.92. The SMILES string of the molecule is CCc1ccc(C(N)c2c(C)cc(C)cc2F)s1. The van der Waals surface area contributed by atoms with Crippen LogP contribution in [0.3, 0.4) is 0 Å². The molecule has 1 heterocycles. The van der Waals surface area contributed by atoms with E-state index >= 15 is 0 Å². The molecule has 2 aromatic rings. The minimum Gasteiger partial charge on any atom is -0.320 e. The van der Waals surface area contributed by atoms with Gasteiger partial charge in [-0.05, 0) is 49.6 Å². The summed E-state index contributed by atoms with van der Waals surface area (Å²) >= 11 is 1.67. The molecule has 0 radical (unpaired) electrons. The fourth-order valence-electron chi connectivity index (χ4n) is 2.21. The molecular weight excluding hydrogens is 245 g/mol. The van der Waals surface area contributed by atoms with Gasteiger partial charge in [0.1, 0.15) is 5.82 Å². The van der Waals surface area contributed by atoms with Gasteiger partial charge in [0.05, 0.1) is 6.04 Å². The third-order valence-electron chi connectivity index (χ3n) is 3.13. The number of hydrogen-bond donors (Lipinski definition) is 1. The quantitative estimate of drug-likeness (QED) is 0.886. The zero-order valence-electron chi connectivity index (χ0n) is 11.0. The highest BCUT2D eigenvalue weighted by Gasteiger charge is 2.18. The van der Waals surface area contributed by atoms with Crippen molar-refractivity contribution >= 4 is 11.3 Å². The average molecular weight is 263 g/mol. The van der Waals surface area contributed by atoms with Crippen LogP contribution in [0.5, 0.6) is 0 Å². The van der Waals surface area contributed by atoms with Gasteiger partial charge in [0.2, 0.25) is 0 Å². The van der Waals surface area contributed by atoms with Gasteiger partial charge < -0.3 is 5.73 Å². The Labute approximate surface area is 111 Å². The Morgan fingerprint density at radius 1 is 1.28 bits per heavy atom. The Balaban J connectivity index is 2.42. The van der Waals surface area contributed by atoms with Gasteiger partial charge >= 0.3 is 0 Å². The van der Waals surface area contributed by atoms with Crippen LogP contribution >= 0.6 is 11.3 Å². The van der Waals surface area contributed by atoms with Crippen molar-refractivity contribution in [1.29, 1.82) is 0 Å². The smallest absolute Gasteiger partial charge is 0.128 e. The Morgan fingerprint density at radius 2 is 2.00 bits per heavy atom. The highest BCUT2D eigenvalue weighted by molar-refractivity contribution is 7.12. The van der Waals surface area contributed by atoms with Crippen molar-refractivity contribution in [2.75, 3.05) is 0 Å². The van der Waals surface area contributed by atoms with E-state index in [1.165, 1.54) is 4.88 Å². The van der Waals surface area contributed by atoms with Crippen molar-refractivity contribution in [3.63, 3.8) is 0 Å². The largest absolute Gasteiger partial charge is 0.320 e. The fraction of sp³-hybridized carbons (Fsp3) is 0.333. The first-order valence-electron chi connectivity index (χ1n) is 6.13. The molecule has 0 aliphatic rings. The lowest BCUT2D eigenvalue weighted by molar-refractivity contribution is 0.597. The molecule has 0 amide bonds. The summed E-state index contributed by atoms with van der Waals surface area (Å²) in [5, 5.41) is 0. The predicted molar refractivity (Wildman–Crippen MR) is 75.6 cm³/mol. The van der Waals surface area contributed by atoms with Crippen LogP contribution < -0.4 is 5.73 Å². The maximum absolute atomic E-state index is 14.1. The molecule has 2 rings (SSSR count). The van der Waals surface area contributed by atoms with Crippen LogP contribution in [0.15, 0.2) is 24.3 Å². The number of benzene rings is 1. The van der Waals surface area contributed by atoms with Crippen molar-refractivity contribution in [2.24, 2.45) is 5.73 Å². The van der Waals surface area contributed by atoms with E-state index in [1.54, 1.807) is 17.4 Å². The van der Waals surface area contributed by atoms with E-state index in [4.69, 9.17) is 5.73 Å². The summed E-state index contributed by atoms with van der Waals surface area (Å²) < 4.78 is 14.1. The summed E-state index contributed by atoms with van der Waals surface area (Å²) in [6.07, 6.45) is 0.993. The van der Waals surface area contributed by atoms with Crippen molar-refractivity contribution < 1.29 is 4.39 Å². The first-order chi connectivity index (χ1) is 8.52. The van der Waals surface area contributed by atoms with Gasteiger partial charge in [0.15, 0.2) is 0 Å². The van der Waals surface area contributed by atoms with Crippen molar-refractivity contribution in [3.8, 4) is 0 Å². The molecular formula is C15H18FNS. The molecule has 3 heteroatoms. The van der Waals surface area contributed by atoms with Crippen LogP contribution in [0.2, 0.25) is 0 Å². The molecule has 0 spiro atoms. The number of aryl methyl sites for hydroxylation is 3. The van der Waals surface area contributed by atoms with E-state index in [0.717, 1.165) is 22.4 Å². The molecule has 2 N–H and O–H groups in total. The van der Waals surface area contributed by atoms with E-state index in [1.807, 2.05) is 26.0 Å². The van der Waals surface area contributed by atoms with E-state index < -0.39 is 0 Å². The van der Waals surface area contributed by atoms with Crippen molar-refractivity contribution in [1.82, 2.24) is 0 Å². The summed E-state index contributed by atoms with van der Waals surface area (Å²) in [7, 11) is 0. The summed E-state index contributed by atoms with van der Waals surface area (Å²) in [5.41, 5.74) is 8.68. The number of nitrogens with two attached hydrogens (primary N) is 1. The lowest BCUT2D eigenvalue weighted by Crippen LogP contribution is -2.14. The van der Waals surface area contributed by atoms with E-state index in [0.29, 0.717) is 5.56 Å². The van der Waals surface area contributed by atoms with E-state index in [-0.39, 0.29) is 11.9 Å². The monoisotopic (exact) mass is 263 g/mol. The maximum atomic E-state index is 14.1. The molecule has 1 aromatic carbocycles. The van der Waals surface area contributed by atoms with Crippen LogP contribution in [0, 0.1) is 19.7 Å². The van der Waals surface area contributed by atoms with Gasteiger partial charge in [-0.2, -0.15) is 0 Å². The van der Waals surface area contributed by atoms with Gasteiger partial charge in [-0.1, -0.05) is 13.0 Å². The van der Waals surface area contributed by atoms with Gasteiger partial charge in [-0.25, -0.2) is 4.39 Å². The molecule has 1 aromatic heterocycles. The highest BCUT2D eigenvalue weighted by Crippen LogP contribution is 2.30. The van der Waals surface area contributed by atoms with Crippen LogP contribution in [0.4, 0.5) is 4.39 Å². The van der Waals surface area contributed by atoms with Crippen molar-refractivity contribution in [2.45, 2.75) is 33.2 Å². The Bertz CT molecular complexity index is 536. The Hall–Kier alpha value is -1.19. The molecule has 0 fully saturated rings. The maximum Gasteiger partial charge on any atom is 0.128 e. The topological polar surface area (TPSA) is 26.0 Å². The van der Waals surface area contributed by atoms with Crippen LogP contribution in [-0.2, 0) is 6.42 Å². The molecule has 0 aliphatic carbocycles. The highest BCUT2D eigenvalue weighted by atomic mass is 32.1. The lowest BCUT2D eigenvalue weighted by atomic mass is 9.98. The number of halogens is 1. The second-order valence-electron chi connectivity index (χ2n) is 4.61. The van der Waals surface area contributed by atoms with Gasteiger partial charge in [0, 0.05) is 15.3 Å². The number of thiophene rings is 1. The number of hydrogen-bond acceptors (Lipinski definition) is 2. The number of rotatable bonds is 3. The fourth-order valence-corrected chi connectivity index (χ4v) is 3.18. The van der Waals surface area contributed by atoms with Crippen LogP contribution in [0.1, 0.15) is 39.4 Å². The first kappa shape index (κ1) is 13.2. The zero-order valence-corrected chi connectivity index (χ0v) is 11.8. The molecule has 0 saturated heterocycles. The predicted octanol–water partition coefficient (Wildman–Crippen LogP) is 4.11. The molecule has 96 valence electrons. The third kappa shape index (κ3) is 2.47. The molecule has 1 nitrogen and oxygen atoms in total. The Morgan fingerprint density at radius 3 is 2.56 bits per heavy atom. The van der Waals surface area contributed by atoms with Gasteiger partial charge in [-0.3, -0.25) is 0 Å². The average Bonchev–Trinajstić information content (AvgIpc) is 2.75. The minimum atomic E-state index is -0.365. The summed E-state index contributed by atoms with van der Waals surface area (Å²) in [5.74, 6) is -0.202. The van der Waals surface area contributed by atoms with E-state index in [2.05, 4.69) is 13.0 Å². The summed E-state index contributed by atoms with van der Waals surface area (Å²) in [6, 6.07) is 7.24. The molecule has 1 atom stereocenters. The zero-order chi connectivity index (χ0) is 13.3. The van der Waals surface area contributed by atoms with Gasteiger partial charge in [-0.15, -0.1) is 11.3 Å². The third-order valence-corrected chi connectivity index (χ3v) is 4.44. The standard InChI is InChI=1S/C15H18FNS/c1-4-11-5-6-13(18-11)15(17)14-10(3)7-9(2)8-12(14)16/h5-8,15H,4,17H2,1-3H3.